The first-order chi connectivity index (χ1) is 5.70. The second-order valence-electron chi connectivity index (χ2n) is 3.04. The minimum Gasteiger partial charge on any atom is -0.265 e. The molecule has 0 aromatic carbocycles. The fourth-order valence-electron chi connectivity index (χ4n) is 0.935. The van der Waals surface area contributed by atoms with E-state index < -0.39 is 0 Å². The van der Waals surface area contributed by atoms with Crippen LogP contribution in [0.15, 0.2) is 42.1 Å². The van der Waals surface area contributed by atoms with Crippen LogP contribution in [0.4, 0.5) is 0 Å². The third-order valence-corrected chi connectivity index (χ3v) is 1.32. The molecule has 0 aromatic rings. The maximum Gasteiger partial charge on any atom is 0.0299 e. The highest BCUT2D eigenvalue weighted by molar-refractivity contribution is 5.79. The second-order valence-corrected chi connectivity index (χ2v) is 3.04. The first-order valence-corrected chi connectivity index (χ1v) is 4.16. The van der Waals surface area contributed by atoms with E-state index in [1.54, 1.807) is 6.08 Å². The molecule has 0 aliphatic rings. The van der Waals surface area contributed by atoms with E-state index in [-0.39, 0.29) is 0 Å². The van der Waals surface area contributed by atoms with Gasteiger partial charge in [-0.05, 0) is 17.9 Å². The quantitative estimate of drug-likeness (QED) is 0.435. The average Bonchev–Trinajstić information content (AvgIpc) is 2.00. The maximum absolute atomic E-state index is 3.97. The molecule has 0 unspecified atom stereocenters. The molecule has 0 bridgehead atoms. The van der Waals surface area contributed by atoms with Crippen LogP contribution in [0.1, 0.15) is 20.3 Å². The average molecular weight is 163 g/mol. The molecule has 0 saturated heterocycles. The van der Waals surface area contributed by atoms with Crippen LogP contribution < -0.4 is 0 Å². The highest BCUT2D eigenvalue weighted by Gasteiger charge is 1.96. The summed E-state index contributed by atoms with van der Waals surface area (Å²) >= 11 is 0. The molecule has 66 valence electrons. The lowest BCUT2D eigenvalue weighted by molar-refractivity contribution is 0.655. The monoisotopic (exact) mass is 163 g/mol. The molecule has 1 nitrogen and oxygen atoms in total. The normalized spacial score (nSPS) is 12.4. The lowest BCUT2D eigenvalue weighted by atomic mass is 10.0. The summed E-state index contributed by atoms with van der Waals surface area (Å²) < 4.78 is 0. The molecule has 0 heterocycles. The van der Waals surface area contributed by atoms with Crippen LogP contribution in [0.25, 0.3) is 0 Å². The Morgan fingerprint density at radius 2 is 2.08 bits per heavy atom. The Morgan fingerprint density at radius 3 is 2.50 bits per heavy atom. The van der Waals surface area contributed by atoms with E-state index in [1.807, 2.05) is 12.3 Å². The van der Waals surface area contributed by atoms with Gasteiger partial charge in [-0.25, -0.2) is 0 Å². The number of hydrogen-bond acceptors (Lipinski definition) is 1. The van der Waals surface area contributed by atoms with Crippen molar-refractivity contribution >= 4 is 6.21 Å². The molecular weight excluding hydrogens is 146 g/mol. The summed E-state index contributed by atoms with van der Waals surface area (Å²) in [6, 6.07) is 0. The second kappa shape index (κ2) is 6.59. The van der Waals surface area contributed by atoms with Crippen LogP contribution in [-0.4, -0.2) is 6.21 Å². The molecule has 0 aromatic heterocycles. The van der Waals surface area contributed by atoms with E-state index in [2.05, 4.69) is 32.0 Å². The van der Waals surface area contributed by atoms with Crippen LogP contribution in [-0.2, 0) is 0 Å². The topological polar surface area (TPSA) is 12.4 Å². The van der Waals surface area contributed by atoms with E-state index >= 15 is 0 Å². The maximum atomic E-state index is 3.97. The van der Waals surface area contributed by atoms with Crippen molar-refractivity contribution in [2.75, 3.05) is 0 Å². The Kier molecular flexibility index (Phi) is 5.98. The van der Waals surface area contributed by atoms with Gasteiger partial charge < -0.3 is 0 Å². The molecule has 0 rings (SSSR count). The van der Waals surface area contributed by atoms with Gasteiger partial charge in [0.1, 0.15) is 0 Å². The van der Waals surface area contributed by atoms with Gasteiger partial charge in [-0.15, -0.1) is 0 Å². The van der Waals surface area contributed by atoms with Crippen molar-refractivity contribution in [3.63, 3.8) is 0 Å². The summed E-state index contributed by atoms with van der Waals surface area (Å²) in [6.45, 7) is 11.5. The first kappa shape index (κ1) is 10.9. The van der Waals surface area contributed by atoms with Crippen molar-refractivity contribution in [1.29, 1.82) is 0 Å². The Balaban J connectivity index is 4.23. The van der Waals surface area contributed by atoms with Crippen molar-refractivity contribution in [1.82, 2.24) is 0 Å². The Bertz CT molecular complexity index is 197. The molecule has 0 aliphatic heterocycles. The predicted molar refractivity (Wildman–Crippen MR) is 56.4 cm³/mol. The number of rotatable bonds is 5. The minimum absolute atomic E-state index is 0.646. The van der Waals surface area contributed by atoms with Gasteiger partial charge in [-0.3, -0.25) is 4.99 Å². The van der Waals surface area contributed by atoms with E-state index in [1.165, 1.54) is 11.8 Å². The van der Waals surface area contributed by atoms with Crippen molar-refractivity contribution in [3.05, 3.63) is 37.1 Å². The van der Waals surface area contributed by atoms with Gasteiger partial charge in [0.2, 0.25) is 0 Å². The Morgan fingerprint density at radius 1 is 1.42 bits per heavy atom. The van der Waals surface area contributed by atoms with Crippen molar-refractivity contribution in [2.24, 2.45) is 10.9 Å². The molecule has 0 aliphatic carbocycles. The Labute approximate surface area is 75.2 Å². The lowest BCUT2D eigenvalue weighted by Gasteiger charge is -2.03. The van der Waals surface area contributed by atoms with Crippen molar-refractivity contribution in [2.45, 2.75) is 20.3 Å². The zero-order chi connectivity index (χ0) is 9.40. The Hall–Kier alpha value is -1.11. The fourth-order valence-corrected chi connectivity index (χ4v) is 0.935. The summed E-state index contributed by atoms with van der Waals surface area (Å²) in [5.74, 6) is 0.646. The van der Waals surface area contributed by atoms with E-state index in [4.69, 9.17) is 0 Å². The molecular formula is C11H17N. The summed E-state index contributed by atoms with van der Waals surface area (Å²) in [4.78, 5) is 3.97. The SMILES string of the molecule is C=C/C=C(\C=NC=C)CC(C)C. The van der Waals surface area contributed by atoms with Crippen LogP contribution in [0.3, 0.4) is 0 Å². The molecule has 0 radical (unpaired) electrons. The highest BCUT2D eigenvalue weighted by Crippen LogP contribution is 2.08. The highest BCUT2D eigenvalue weighted by atomic mass is 14.7. The zero-order valence-corrected chi connectivity index (χ0v) is 7.96. The molecule has 0 saturated carbocycles. The van der Waals surface area contributed by atoms with Crippen molar-refractivity contribution < 1.29 is 0 Å². The third-order valence-electron chi connectivity index (χ3n) is 1.32. The van der Waals surface area contributed by atoms with E-state index in [0.717, 1.165) is 6.42 Å². The van der Waals surface area contributed by atoms with E-state index in [0.29, 0.717) is 5.92 Å². The van der Waals surface area contributed by atoms with Gasteiger partial charge in [0.05, 0.1) is 0 Å². The smallest absolute Gasteiger partial charge is 0.0299 e. The zero-order valence-electron chi connectivity index (χ0n) is 7.96. The number of nitrogens with zero attached hydrogens (tertiary/aromatic N) is 1. The lowest BCUT2D eigenvalue weighted by Crippen LogP contribution is -1.92. The molecule has 0 fully saturated rings. The van der Waals surface area contributed by atoms with Gasteiger partial charge in [0, 0.05) is 12.4 Å². The van der Waals surface area contributed by atoms with E-state index in [9.17, 15) is 0 Å². The summed E-state index contributed by atoms with van der Waals surface area (Å²) in [7, 11) is 0. The molecule has 12 heavy (non-hydrogen) atoms. The molecule has 0 spiro atoms. The summed E-state index contributed by atoms with van der Waals surface area (Å²) in [6.07, 6.45) is 8.16. The minimum atomic E-state index is 0.646. The van der Waals surface area contributed by atoms with Gasteiger partial charge in [-0.2, -0.15) is 0 Å². The van der Waals surface area contributed by atoms with Gasteiger partial charge in [-0.1, -0.05) is 39.2 Å². The number of allylic oxidation sites excluding steroid dienone is 3. The summed E-state index contributed by atoms with van der Waals surface area (Å²) in [5.41, 5.74) is 1.19. The summed E-state index contributed by atoms with van der Waals surface area (Å²) in [5, 5.41) is 0. The first-order valence-electron chi connectivity index (χ1n) is 4.16. The van der Waals surface area contributed by atoms with Gasteiger partial charge in [0.15, 0.2) is 0 Å². The van der Waals surface area contributed by atoms with Crippen LogP contribution in [0.5, 0.6) is 0 Å². The van der Waals surface area contributed by atoms with Gasteiger partial charge in [0.25, 0.3) is 0 Å². The molecule has 0 atom stereocenters. The van der Waals surface area contributed by atoms with Crippen LogP contribution in [0.2, 0.25) is 0 Å². The number of aliphatic imine (C=N–C) groups is 1. The van der Waals surface area contributed by atoms with Gasteiger partial charge >= 0.3 is 0 Å². The standard InChI is InChI=1S/C11H17N/c1-5-7-11(8-10(3)4)9-12-6-2/h5-7,9-10H,1-2,8H2,3-4H3/b11-7-,12-9?. The third kappa shape index (κ3) is 5.66. The predicted octanol–water partition coefficient (Wildman–Crippen LogP) is 3.36. The van der Waals surface area contributed by atoms with Crippen LogP contribution >= 0.6 is 0 Å². The molecule has 0 N–H and O–H groups in total. The fraction of sp³-hybridized carbons (Fsp3) is 0.364. The molecule has 0 amide bonds. The van der Waals surface area contributed by atoms with Crippen molar-refractivity contribution in [3.8, 4) is 0 Å². The largest absolute Gasteiger partial charge is 0.265 e. The molecule has 1 heteroatoms. The number of hydrogen-bond donors (Lipinski definition) is 0. The van der Waals surface area contributed by atoms with Crippen LogP contribution in [0, 0.1) is 5.92 Å².